The molecule has 0 spiro atoms. The predicted octanol–water partition coefficient (Wildman–Crippen LogP) is 6.05. The third-order valence-electron chi connectivity index (χ3n) is 4.73. The molecule has 2 aromatic carbocycles. The van der Waals surface area contributed by atoms with Crippen molar-refractivity contribution >= 4 is 28.1 Å². The fourth-order valence-corrected chi connectivity index (χ4v) is 3.80. The van der Waals surface area contributed by atoms with Gasteiger partial charge in [0.25, 0.3) is 11.6 Å². The molecule has 12 heteroatoms. The van der Waals surface area contributed by atoms with Crippen LogP contribution in [0.15, 0.2) is 64.4 Å². The van der Waals surface area contributed by atoms with Crippen LogP contribution >= 0.6 is 11.3 Å². The molecule has 1 N–H and O–H groups in total. The number of amides is 1. The summed E-state index contributed by atoms with van der Waals surface area (Å²) in [5, 5.41) is 15.6. The average molecular weight is 501 g/mol. The van der Waals surface area contributed by atoms with Crippen LogP contribution in [0.3, 0.4) is 0 Å². The van der Waals surface area contributed by atoms with Gasteiger partial charge in [-0.2, -0.15) is 8.78 Å². The number of carbonyl (C=O) groups is 1. The van der Waals surface area contributed by atoms with Crippen LogP contribution < -0.4 is 14.8 Å². The first-order valence-electron chi connectivity index (χ1n) is 10.1. The first-order valence-corrected chi connectivity index (χ1v) is 10.9. The number of aryl methyl sites for hydroxylation is 1. The second-order valence-electron chi connectivity index (χ2n) is 7.15. The number of halogens is 2. The van der Waals surface area contributed by atoms with Gasteiger partial charge in [0.15, 0.2) is 10.9 Å². The highest BCUT2D eigenvalue weighted by molar-refractivity contribution is 7.14. The predicted molar refractivity (Wildman–Crippen MR) is 123 cm³/mol. The minimum Gasteiger partial charge on any atom is -0.486 e. The number of benzene rings is 2. The highest BCUT2D eigenvalue weighted by Gasteiger charge is 2.15. The molecular formula is C23H17F2N3O6S. The van der Waals surface area contributed by atoms with E-state index in [1.165, 1.54) is 41.7 Å². The summed E-state index contributed by atoms with van der Waals surface area (Å²) in [7, 11) is 0. The summed E-state index contributed by atoms with van der Waals surface area (Å²) < 4.78 is 40.0. The van der Waals surface area contributed by atoms with E-state index in [4.69, 9.17) is 9.15 Å². The number of carbonyl (C=O) groups excluding carboxylic acids is 1. The first kappa shape index (κ1) is 23.8. The number of anilines is 1. The number of rotatable bonds is 9. The van der Waals surface area contributed by atoms with Crippen LogP contribution in [0.1, 0.15) is 21.9 Å². The number of thiazole rings is 1. The number of hydrogen-bond acceptors (Lipinski definition) is 8. The highest BCUT2D eigenvalue weighted by atomic mass is 32.1. The van der Waals surface area contributed by atoms with Gasteiger partial charge >= 0.3 is 6.61 Å². The number of ether oxygens (including phenoxy) is 2. The van der Waals surface area contributed by atoms with E-state index in [0.717, 1.165) is 0 Å². The van der Waals surface area contributed by atoms with Crippen molar-refractivity contribution in [3.63, 3.8) is 0 Å². The standard InChI is InChI=1S/C23H17F2N3O6S/c1-13-10-16(6-8-19(13)28(30)31)32-11-17-7-9-20(33-17)21(29)27-23-26-18(12-35-23)14-2-4-15(5-3-14)34-22(24)25/h2-10,12,22H,11H2,1H3,(H,26,27,29). The molecule has 0 radical (unpaired) electrons. The van der Waals surface area contributed by atoms with E-state index in [1.807, 2.05) is 0 Å². The molecule has 0 aliphatic carbocycles. The molecule has 1 amide bonds. The number of nitrogens with one attached hydrogen (secondary N) is 1. The van der Waals surface area contributed by atoms with Crippen LogP contribution in [0, 0.1) is 17.0 Å². The molecule has 0 unspecified atom stereocenters. The molecule has 0 saturated heterocycles. The lowest BCUT2D eigenvalue weighted by molar-refractivity contribution is -0.385. The van der Waals surface area contributed by atoms with E-state index in [9.17, 15) is 23.7 Å². The Morgan fingerprint density at radius 3 is 2.60 bits per heavy atom. The zero-order valence-corrected chi connectivity index (χ0v) is 18.9. The summed E-state index contributed by atoms with van der Waals surface area (Å²) in [6.07, 6.45) is 0. The van der Waals surface area contributed by atoms with Crippen molar-refractivity contribution in [1.29, 1.82) is 0 Å². The monoisotopic (exact) mass is 501 g/mol. The Bertz CT molecular complexity index is 1350. The van der Waals surface area contributed by atoms with E-state index in [0.29, 0.717) is 33.5 Å². The summed E-state index contributed by atoms with van der Waals surface area (Å²) in [6.45, 7) is -1.26. The number of alkyl halides is 2. The highest BCUT2D eigenvalue weighted by Crippen LogP contribution is 2.28. The largest absolute Gasteiger partial charge is 0.486 e. The maximum atomic E-state index is 12.5. The van der Waals surface area contributed by atoms with Gasteiger partial charge in [-0.1, -0.05) is 0 Å². The molecule has 0 saturated carbocycles. The number of aromatic nitrogens is 1. The molecule has 4 rings (SSSR count). The maximum absolute atomic E-state index is 12.5. The van der Waals surface area contributed by atoms with Gasteiger partial charge in [0.05, 0.1) is 10.6 Å². The summed E-state index contributed by atoms with van der Waals surface area (Å²) in [5.74, 6) is 0.392. The Balaban J connectivity index is 1.34. The second-order valence-corrected chi connectivity index (χ2v) is 8.01. The number of furan rings is 1. The Morgan fingerprint density at radius 1 is 1.17 bits per heavy atom. The zero-order valence-electron chi connectivity index (χ0n) is 18.1. The van der Waals surface area contributed by atoms with Gasteiger partial charge in [-0.15, -0.1) is 11.3 Å². The lowest BCUT2D eigenvalue weighted by atomic mass is 10.2. The van der Waals surface area contributed by atoms with E-state index >= 15 is 0 Å². The molecule has 0 bridgehead atoms. The average Bonchev–Trinajstić information content (AvgIpc) is 3.47. The Labute approximate surface area is 201 Å². The molecular weight excluding hydrogens is 484 g/mol. The van der Waals surface area contributed by atoms with Gasteiger partial charge in [0.1, 0.15) is 23.9 Å². The van der Waals surface area contributed by atoms with E-state index in [-0.39, 0.29) is 23.8 Å². The molecule has 0 fully saturated rings. The van der Waals surface area contributed by atoms with Crippen molar-refractivity contribution in [2.45, 2.75) is 20.1 Å². The van der Waals surface area contributed by atoms with E-state index in [2.05, 4.69) is 15.0 Å². The van der Waals surface area contributed by atoms with Gasteiger partial charge in [0.2, 0.25) is 0 Å². The van der Waals surface area contributed by atoms with Crippen LogP contribution in [-0.2, 0) is 6.61 Å². The Hall–Kier alpha value is -4.32. The zero-order chi connectivity index (χ0) is 24.9. The second kappa shape index (κ2) is 10.3. The molecule has 9 nitrogen and oxygen atoms in total. The van der Waals surface area contributed by atoms with Crippen molar-refractivity contribution in [3.05, 3.63) is 87.2 Å². The van der Waals surface area contributed by atoms with Gasteiger partial charge in [-0.3, -0.25) is 20.2 Å². The third-order valence-corrected chi connectivity index (χ3v) is 5.49. The SMILES string of the molecule is Cc1cc(OCc2ccc(C(=O)Nc3nc(-c4ccc(OC(F)F)cc4)cs3)o2)ccc1[N+](=O)[O-]. The van der Waals surface area contributed by atoms with E-state index in [1.54, 1.807) is 36.6 Å². The summed E-state index contributed by atoms with van der Waals surface area (Å²) in [5.41, 5.74) is 1.69. The first-order chi connectivity index (χ1) is 16.8. The van der Waals surface area contributed by atoms with Crippen molar-refractivity contribution in [3.8, 4) is 22.8 Å². The van der Waals surface area contributed by atoms with E-state index < -0.39 is 17.4 Å². The normalized spacial score (nSPS) is 10.9. The minimum atomic E-state index is -2.90. The van der Waals surface area contributed by atoms with Crippen LogP contribution in [0.25, 0.3) is 11.3 Å². The van der Waals surface area contributed by atoms with Gasteiger partial charge in [0, 0.05) is 22.6 Å². The van der Waals surface area contributed by atoms with Crippen molar-refractivity contribution in [2.24, 2.45) is 0 Å². The Kier molecular flexibility index (Phi) is 7.01. The molecule has 2 heterocycles. The molecule has 0 aliphatic heterocycles. The quantitative estimate of drug-likeness (QED) is 0.219. The molecule has 0 aliphatic rings. The topological polar surface area (TPSA) is 117 Å². The third kappa shape index (κ3) is 5.98. The summed E-state index contributed by atoms with van der Waals surface area (Å²) in [6, 6.07) is 13.5. The molecule has 0 atom stereocenters. The van der Waals surface area contributed by atoms with Crippen LogP contribution in [0.4, 0.5) is 19.6 Å². The fraction of sp³-hybridized carbons (Fsp3) is 0.130. The molecule has 35 heavy (non-hydrogen) atoms. The fourth-order valence-electron chi connectivity index (χ4n) is 3.08. The van der Waals surface area contributed by atoms with Crippen LogP contribution in [0.2, 0.25) is 0 Å². The number of nitrogens with zero attached hydrogens (tertiary/aromatic N) is 2. The molecule has 4 aromatic rings. The summed E-state index contributed by atoms with van der Waals surface area (Å²) in [4.78, 5) is 27.3. The van der Waals surface area contributed by atoms with Crippen molar-refractivity contribution in [1.82, 2.24) is 4.98 Å². The van der Waals surface area contributed by atoms with Crippen molar-refractivity contribution < 1.29 is 32.4 Å². The number of nitro benzene ring substituents is 1. The lowest BCUT2D eigenvalue weighted by Gasteiger charge is -2.05. The smallest absolute Gasteiger partial charge is 0.387 e. The Morgan fingerprint density at radius 2 is 1.91 bits per heavy atom. The van der Waals surface area contributed by atoms with Crippen LogP contribution in [0.5, 0.6) is 11.5 Å². The van der Waals surface area contributed by atoms with Gasteiger partial charge in [-0.05, 0) is 55.5 Å². The number of nitro groups is 1. The number of hydrogen-bond donors (Lipinski definition) is 1. The lowest BCUT2D eigenvalue weighted by Crippen LogP contribution is -2.10. The van der Waals surface area contributed by atoms with Crippen molar-refractivity contribution in [2.75, 3.05) is 5.32 Å². The molecule has 2 aromatic heterocycles. The van der Waals surface area contributed by atoms with Crippen LogP contribution in [-0.4, -0.2) is 22.4 Å². The van der Waals surface area contributed by atoms with Gasteiger partial charge < -0.3 is 13.9 Å². The molecule has 180 valence electrons. The van der Waals surface area contributed by atoms with Gasteiger partial charge in [-0.25, -0.2) is 4.98 Å². The summed E-state index contributed by atoms with van der Waals surface area (Å²) >= 11 is 1.19. The minimum absolute atomic E-state index is 0.00239. The maximum Gasteiger partial charge on any atom is 0.387 e.